The summed E-state index contributed by atoms with van der Waals surface area (Å²) in [7, 11) is 0. The van der Waals surface area contributed by atoms with Gasteiger partial charge >= 0.3 is 0 Å². The second-order valence-corrected chi connectivity index (χ2v) is 5.19. The van der Waals surface area contributed by atoms with Gasteiger partial charge in [-0.2, -0.15) is 0 Å². The minimum Gasteiger partial charge on any atom is -0.264 e. The lowest BCUT2D eigenvalue weighted by molar-refractivity contribution is 1.34. The maximum absolute atomic E-state index is 6.23. The van der Waals surface area contributed by atoms with E-state index in [1.54, 1.807) is 6.07 Å². The van der Waals surface area contributed by atoms with Gasteiger partial charge in [-0.25, -0.2) is 0 Å². The molecule has 0 aromatic heterocycles. The van der Waals surface area contributed by atoms with Crippen LogP contribution in [0.3, 0.4) is 0 Å². The highest BCUT2D eigenvalue weighted by molar-refractivity contribution is 6.43. The standard InChI is InChI=1S/C18H19Cl2N/c1-5-8-14(6-2)17(21-4)12-11-13(3)15-9-7-10-16(19)18(15)20/h5-12H,4H2,1-3H3/b8-5-,13-11+,14-6+,17-12-. The van der Waals surface area contributed by atoms with Gasteiger partial charge in [-0.1, -0.05) is 59.6 Å². The molecule has 3 heteroatoms. The van der Waals surface area contributed by atoms with Crippen molar-refractivity contribution in [2.24, 2.45) is 4.99 Å². The normalized spacial score (nSPS) is 13.9. The van der Waals surface area contributed by atoms with E-state index >= 15 is 0 Å². The molecule has 1 nitrogen and oxygen atoms in total. The third kappa shape index (κ3) is 4.73. The van der Waals surface area contributed by atoms with Gasteiger partial charge in [0.2, 0.25) is 0 Å². The Labute approximate surface area is 137 Å². The molecule has 0 unspecified atom stereocenters. The van der Waals surface area contributed by atoms with Gasteiger partial charge in [-0.15, -0.1) is 0 Å². The van der Waals surface area contributed by atoms with Crippen molar-refractivity contribution in [3.8, 4) is 0 Å². The van der Waals surface area contributed by atoms with E-state index in [4.69, 9.17) is 23.2 Å². The van der Waals surface area contributed by atoms with Crippen LogP contribution in [0.25, 0.3) is 5.57 Å². The second kappa shape index (κ2) is 8.66. The van der Waals surface area contributed by atoms with Crippen molar-refractivity contribution < 1.29 is 0 Å². The molecule has 0 radical (unpaired) electrons. The number of benzene rings is 1. The Balaban J connectivity index is 3.19. The van der Waals surface area contributed by atoms with Crippen LogP contribution in [0.5, 0.6) is 0 Å². The molecule has 1 aromatic rings. The van der Waals surface area contributed by atoms with Crippen LogP contribution in [0.2, 0.25) is 10.0 Å². The molecule has 0 spiro atoms. The van der Waals surface area contributed by atoms with Crippen molar-refractivity contribution in [2.45, 2.75) is 20.8 Å². The fraction of sp³-hybridized carbons (Fsp3) is 0.167. The quantitative estimate of drug-likeness (QED) is 0.433. The van der Waals surface area contributed by atoms with Crippen LogP contribution >= 0.6 is 23.2 Å². The first kappa shape index (κ1) is 17.5. The first-order valence-electron chi connectivity index (χ1n) is 6.64. The Morgan fingerprint density at radius 2 is 1.90 bits per heavy atom. The first-order valence-corrected chi connectivity index (χ1v) is 7.39. The molecule has 0 aliphatic rings. The molecule has 0 fully saturated rings. The molecule has 110 valence electrons. The first-order chi connectivity index (χ1) is 10.0. The highest BCUT2D eigenvalue weighted by Crippen LogP contribution is 2.30. The van der Waals surface area contributed by atoms with Crippen molar-refractivity contribution >= 4 is 35.5 Å². The number of nitrogens with zero attached hydrogens (tertiary/aromatic N) is 1. The monoisotopic (exact) mass is 319 g/mol. The summed E-state index contributed by atoms with van der Waals surface area (Å²) in [6, 6.07) is 5.60. The van der Waals surface area contributed by atoms with Crippen molar-refractivity contribution in [2.75, 3.05) is 0 Å². The van der Waals surface area contributed by atoms with E-state index in [9.17, 15) is 0 Å². The van der Waals surface area contributed by atoms with Gasteiger partial charge in [-0.05, 0) is 56.3 Å². The molecule has 21 heavy (non-hydrogen) atoms. The number of hydrogen-bond donors (Lipinski definition) is 0. The maximum Gasteiger partial charge on any atom is 0.0691 e. The lowest BCUT2D eigenvalue weighted by Crippen LogP contribution is -1.84. The maximum atomic E-state index is 6.23. The molecule has 1 aromatic carbocycles. The molecule has 0 bridgehead atoms. The van der Waals surface area contributed by atoms with Gasteiger partial charge in [0, 0.05) is 0 Å². The average molecular weight is 320 g/mol. The third-order valence-electron chi connectivity index (χ3n) is 2.99. The van der Waals surface area contributed by atoms with Crippen LogP contribution in [0.15, 0.2) is 64.8 Å². The molecule has 0 N–H and O–H groups in total. The zero-order chi connectivity index (χ0) is 15.8. The van der Waals surface area contributed by atoms with Crippen molar-refractivity contribution in [1.29, 1.82) is 0 Å². The Kier molecular flexibility index (Phi) is 7.21. The van der Waals surface area contributed by atoms with E-state index in [0.717, 1.165) is 22.4 Å². The number of hydrogen-bond acceptors (Lipinski definition) is 1. The molecule has 0 amide bonds. The van der Waals surface area contributed by atoms with Crippen LogP contribution < -0.4 is 0 Å². The summed E-state index contributed by atoms with van der Waals surface area (Å²) in [5, 5.41) is 1.12. The fourth-order valence-corrected chi connectivity index (χ4v) is 2.30. The summed E-state index contributed by atoms with van der Waals surface area (Å²) in [4.78, 5) is 4.07. The minimum atomic E-state index is 0.552. The Morgan fingerprint density at radius 3 is 2.48 bits per heavy atom. The third-order valence-corrected chi connectivity index (χ3v) is 3.81. The van der Waals surface area contributed by atoms with Crippen molar-refractivity contribution in [1.82, 2.24) is 0 Å². The van der Waals surface area contributed by atoms with Gasteiger partial charge in [0.05, 0.1) is 15.7 Å². The number of halogens is 2. The van der Waals surface area contributed by atoms with Crippen molar-refractivity contribution in [3.05, 3.63) is 75.5 Å². The summed E-state index contributed by atoms with van der Waals surface area (Å²) in [6.45, 7) is 9.55. The molecule has 0 saturated heterocycles. The molecule has 0 heterocycles. The Bertz CT molecular complexity index is 635. The summed E-state index contributed by atoms with van der Waals surface area (Å²) >= 11 is 12.3. The van der Waals surface area contributed by atoms with E-state index in [1.165, 1.54) is 0 Å². The molecule has 0 aliphatic carbocycles. The molecule has 1 rings (SSSR count). The van der Waals surface area contributed by atoms with Gasteiger partial charge in [-0.3, -0.25) is 4.99 Å². The summed E-state index contributed by atoms with van der Waals surface area (Å²) in [6.07, 6.45) is 9.86. The summed E-state index contributed by atoms with van der Waals surface area (Å²) < 4.78 is 0. The summed E-state index contributed by atoms with van der Waals surface area (Å²) in [5.41, 5.74) is 3.76. The van der Waals surface area contributed by atoms with Crippen LogP contribution in [0.1, 0.15) is 26.3 Å². The molecule has 0 saturated carbocycles. The van der Waals surface area contributed by atoms with Crippen molar-refractivity contribution in [3.63, 3.8) is 0 Å². The lowest BCUT2D eigenvalue weighted by Gasteiger charge is -2.06. The average Bonchev–Trinajstić information content (AvgIpc) is 2.49. The topological polar surface area (TPSA) is 12.4 Å². The van der Waals surface area contributed by atoms with Gasteiger partial charge in [0.15, 0.2) is 0 Å². The molecule has 0 aliphatic heterocycles. The Morgan fingerprint density at radius 1 is 1.19 bits per heavy atom. The van der Waals surface area contributed by atoms with Crippen LogP contribution in [-0.4, -0.2) is 6.72 Å². The zero-order valence-corrected chi connectivity index (χ0v) is 14.0. The van der Waals surface area contributed by atoms with Gasteiger partial charge in [0.1, 0.15) is 0 Å². The SMILES string of the molecule is C=NC(=C\C=C(/C)c1cccc(Cl)c1Cl)/C(/C=C\C)=C/C. The van der Waals surface area contributed by atoms with E-state index < -0.39 is 0 Å². The predicted molar refractivity (Wildman–Crippen MR) is 96.3 cm³/mol. The largest absolute Gasteiger partial charge is 0.264 e. The number of allylic oxidation sites excluding steroid dienone is 6. The second-order valence-electron chi connectivity index (χ2n) is 4.41. The predicted octanol–water partition coefficient (Wildman–Crippen LogP) is 6.50. The minimum absolute atomic E-state index is 0.552. The Hall–Kier alpha value is -1.57. The smallest absolute Gasteiger partial charge is 0.0691 e. The van der Waals surface area contributed by atoms with Crippen LogP contribution in [0, 0.1) is 0 Å². The molecular formula is C18H19Cl2N. The van der Waals surface area contributed by atoms with Crippen LogP contribution in [-0.2, 0) is 0 Å². The van der Waals surface area contributed by atoms with Gasteiger partial charge in [0.25, 0.3) is 0 Å². The van der Waals surface area contributed by atoms with E-state index in [-0.39, 0.29) is 0 Å². The van der Waals surface area contributed by atoms with E-state index in [2.05, 4.69) is 11.7 Å². The van der Waals surface area contributed by atoms with E-state index in [0.29, 0.717) is 10.0 Å². The lowest BCUT2D eigenvalue weighted by atomic mass is 10.1. The number of rotatable bonds is 5. The fourth-order valence-electron chi connectivity index (χ4n) is 1.85. The highest BCUT2D eigenvalue weighted by Gasteiger charge is 2.05. The number of aliphatic imine (C=N–C) groups is 1. The molecular weight excluding hydrogens is 301 g/mol. The summed E-state index contributed by atoms with van der Waals surface area (Å²) in [5.74, 6) is 0. The zero-order valence-electron chi connectivity index (χ0n) is 12.5. The van der Waals surface area contributed by atoms with E-state index in [1.807, 2.05) is 63.3 Å². The molecule has 0 atom stereocenters. The van der Waals surface area contributed by atoms with Crippen LogP contribution in [0.4, 0.5) is 0 Å². The van der Waals surface area contributed by atoms with Gasteiger partial charge < -0.3 is 0 Å². The highest BCUT2D eigenvalue weighted by atomic mass is 35.5.